The number of rotatable bonds is 2. The van der Waals surface area contributed by atoms with Crippen molar-refractivity contribution in [2.24, 2.45) is 17.4 Å². The molecule has 0 bridgehead atoms. The van der Waals surface area contributed by atoms with E-state index in [1.54, 1.807) is 11.3 Å². The van der Waals surface area contributed by atoms with Crippen LogP contribution in [0.2, 0.25) is 4.34 Å². The third-order valence-corrected chi connectivity index (χ3v) is 3.97. The molecule has 1 atom stereocenters. The number of hydrogen-bond acceptors (Lipinski definition) is 3. The summed E-state index contributed by atoms with van der Waals surface area (Å²) in [6.07, 6.45) is 2.10. The average molecular weight is 217 g/mol. The summed E-state index contributed by atoms with van der Waals surface area (Å²) in [4.78, 5) is 1.18. The Balaban J connectivity index is 2.01. The minimum absolute atomic E-state index is 0.136. The Morgan fingerprint density at radius 3 is 2.62 bits per heavy atom. The molecule has 4 heteroatoms. The van der Waals surface area contributed by atoms with Crippen molar-refractivity contribution < 1.29 is 0 Å². The van der Waals surface area contributed by atoms with Crippen LogP contribution in [0.1, 0.15) is 23.8 Å². The van der Waals surface area contributed by atoms with E-state index in [-0.39, 0.29) is 6.04 Å². The van der Waals surface area contributed by atoms with Gasteiger partial charge in [0.1, 0.15) is 0 Å². The van der Waals surface area contributed by atoms with Crippen LogP contribution in [-0.4, -0.2) is 6.04 Å². The lowest BCUT2D eigenvalue weighted by atomic mass is 9.76. The molecule has 2 rings (SSSR count). The Morgan fingerprint density at radius 2 is 2.15 bits per heavy atom. The first-order valence-electron chi connectivity index (χ1n) is 4.43. The van der Waals surface area contributed by atoms with Crippen LogP contribution in [0.15, 0.2) is 12.1 Å². The van der Waals surface area contributed by atoms with Crippen LogP contribution in [0.5, 0.6) is 0 Å². The van der Waals surface area contributed by atoms with E-state index in [2.05, 4.69) is 0 Å². The summed E-state index contributed by atoms with van der Waals surface area (Å²) in [5, 5.41) is 0. The van der Waals surface area contributed by atoms with Crippen LogP contribution < -0.4 is 11.5 Å². The Labute approximate surface area is 86.9 Å². The minimum atomic E-state index is 0.136. The van der Waals surface area contributed by atoms with Crippen LogP contribution in [0.25, 0.3) is 0 Å². The highest BCUT2D eigenvalue weighted by atomic mass is 35.5. The van der Waals surface area contributed by atoms with Crippen molar-refractivity contribution in [2.75, 3.05) is 0 Å². The fraction of sp³-hybridized carbons (Fsp3) is 0.556. The topological polar surface area (TPSA) is 52.0 Å². The highest BCUT2D eigenvalue weighted by Gasteiger charge is 2.32. The van der Waals surface area contributed by atoms with E-state index in [9.17, 15) is 0 Å². The summed E-state index contributed by atoms with van der Waals surface area (Å²) in [6, 6.07) is 4.42. The summed E-state index contributed by atoms with van der Waals surface area (Å²) in [6.45, 7) is 0. The zero-order valence-corrected chi connectivity index (χ0v) is 8.81. The molecule has 1 aromatic heterocycles. The summed E-state index contributed by atoms with van der Waals surface area (Å²) in [7, 11) is 0. The maximum absolute atomic E-state index is 6.07. The number of thiophene rings is 1. The molecule has 0 amide bonds. The van der Waals surface area contributed by atoms with Gasteiger partial charge in [-0.15, -0.1) is 11.3 Å². The Hall–Kier alpha value is -0.0900. The van der Waals surface area contributed by atoms with Crippen molar-refractivity contribution >= 4 is 22.9 Å². The maximum Gasteiger partial charge on any atom is 0.0931 e. The van der Waals surface area contributed by atoms with Gasteiger partial charge in [0.25, 0.3) is 0 Å². The van der Waals surface area contributed by atoms with Gasteiger partial charge >= 0.3 is 0 Å². The van der Waals surface area contributed by atoms with Crippen molar-refractivity contribution in [3.05, 3.63) is 21.3 Å². The number of nitrogens with two attached hydrogens (primary N) is 2. The van der Waals surface area contributed by atoms with Crippen LogP contribution in [0.4, 0.5) is 0 Å². The van der Waals surface area contributed by atoms with Crippen molar-refractivity contribution in [1.29, 1.82) is 0 Å². The molecule has 1 aliphatic rings. The largest absolute Gasteiger partial charge is 0.328 e. The third kappa shape index (κ3) is 1.89. The lowest BCUT2D eigenvalue weighted by molar-refractivity contribution is 0.226. The zero-order chi connectivity index (χ0) is 9.42. The van der Waals surface area contributed by atoms with Gasteiger partial charge in [0.05, 0.1) is 4.34 Å². The highest BCUT2D eigenvalue weighted by Crippen LogP contribution is 2.38. The first-order valence-corrected chi connectivity index (χ1v) is 5.62. The van der Waals surface area contributed by atoms with Gasteiger partial charge < -0.3 is 11.5 Å². The monoisotopic (exact) mass is 216 g/mol. The summed E-state index contributed by atoms with van der Waals surface area (Å²) in [5.41, 5.74) is 11.8. The second kappa shape index (κ2) is 3.58. The van der Waals surface area contributed by atoms with E-state index in [1.807, 2.05) is 12.1 Å². The SMILES string of the molecule is NC1CC(C(N)c2ccc(Cl)s2)C1. The Bertz CT molecular complexity index is 294. The second-order valence-electron chi connectivity index (χ2n) is 3.66. The fourth-order valence-corrected chi connectivity index (χ4v) is 2.90. The number of halogens is 1. The molecular formula is C9H13ClN2S. The van der Waals surface area contributed by atoms with Crippen LogP contribution >= 0.6 is 22.9 Å². The molecule has 1 fully saturated rings. The molecule has 1 heterocycles. The van der Waals surface area contributed by atoms with Gasteiger partial charge in [-0.3, -0.25) is 0 Å². The van der Waals surface area contributed by atoms with Gasteiger partial charge in [-0.1, -0.05) is 11.6 Å². The van der Waals surface area contributed by atoms with Crippen LogP contribution in [0.3, 0.4) is 0 Å². The summed E-state index contributed by atoms with van der Waals surface area (Å²) < 4.78 is 0.814. The van der Waals surface area contributed by atoms with Gasteiger partial charge in [-0.2, -0.15) is 0 Å². The summed E-state index contributed by atoms with van der Waals surface area (Å²) >= 11 is 7.41. The van der Waals surface area contributed by atoms with Crippen LogP contribution in [-0.2, 0) is 0 Å². The molecular weight excluding hydrogens is 204 g/mol. The summed E-state index contributed by atoms with van der Waals surface area (Å²) in [5.74, 6) is 0.560. The fourth-order valence-electron chi connectivity index (χ4n) is 1.74. The van der Waals surface area contributed by atoms with Gasteiger partial charge in [0.2, 0.25) is 0 Å². The average Bonchev–Trinajstić information content (AvgIpc) is 2.45. The molecule has 0 radical (unpaired) electrons. The zero-order valence-electron chi connectivity index (χ0n) is 7.24. The van der Waals surface area contributed by atoms with Crippen LogP contribution in [0, 0.1) is 5.92 Å². The third-order valence-electron chi connectivity index (χ3n) is 2.64. The van der Waals surface area contributed by atoms with Gasteiger partial charge in [-0.05, 0) is 30.9 Å². The second-order valence-corrected chi connectivity index (χ2v) is 5.41. The standard InChI is InChI=1S/C9H13ClN2S/c10-8-2-1-7(13-8)9(12)5-3-6(11)4-5/h1-2,5-6,9H,3-4,11-12H2. The van der Waals surface area contributed by atoms with Gasteiger partial charge in [0, 0.05) is 17.0 Å². The van der Waals surface area contributed by atoms with Gasteiger partial charge in [-0.25, -0.2) is 0 Å². The van der Waals surface area contributed by atoms with E-state index in [4.69, 9.17) is 23.1 Å². The molecule has 72 valence electrons. The van der Waals surface area contributed by atoms with Crippen molar-refractivity contribution in [1.82, 2.24) is 0 Å². The Kier molecular flexibility index (Phi) is 2.60. The van der Waals surface area contributed by atoms with E-state index >= 15 is 0 Å². The normalized spacial score (nSPS) is 29.8. The quantitative estimate of drug-likeness (QED) is 0.796. The first kappa shape index (κ1) is 9.46. The molecule has 0 saturated heterocycles. The molecule has 0 spiro atoms. The highest BCUT2D eigenvalue weighted by molar-refractivity contribution is 7.16. The molecule has 1 aromatic rings. The lowest BCUT2D eigenvalue weighted by Gasteiger charge is -2.36. The predicted octanol–water partition coefficient (Wildman–Crippen LogP) is 2.14. The molecule has 1 saturated carbocycles. The van der Waals surface area contributed by atoms with E-state index < -0.39 is 0 Å². The molecule has 1 aliphatic carbocycles. The predicted molar refractivity (Wildman–Crippen MR) is 57.0 cm³/mol. The lowest BCUT2D eigenvalue weighted by Crippen LogP contribution is -2.41. The molecule has 0 aliphatic heterocycles. The van der Waals surface area contributed by atoms with E-state index in [0.29, 0.717) is 12.0 Å². The van der Waals surface area contributed by atoms with E-state index in [0.717, 1.165) is 17.2 Å². The number of hydrogen-bond donors (Lipinski definition) is 2. The first-order chi connectivity index (χ1) is 6.16. The molecule has 1 unspecified atom stereocenters. The van der Waals surface area contributed by atoms with Crippen molar-refractivity contribution in [3.8, 4) is 0 Å². The molecule has 0 aromatic carbocycles. The molecule has 13 heavy (non-hydrogen) atoms. The smallest absolute Gasteiger partial charge is 0.0931 e. The maximum atomic E-state index is 6.07. The van der Waals surface area contributed by atoms with Crippen molar-refractivity contribution in [3.63, 3.8) is 0 Å². The Morgan fingerprint density at radius 1 is 1.46 bits per heavy atom. The molecule has 2 nitrogen and oxygen atoms in total. The van der Waals surface area contributed by atoms with Crippen molar-refractivity contribution in [2.45, 2.75) is 24.9 Å². The molecule has 4 N–H and O–H groups in total. The van der Waals surface area contributed by atoms with E-state index in [1.165, 1.54) is 4.88 Å². The van der Waals surface area contributed by atoms with Gasteiger partial charge in [0.15, 0.2) is 0 Å². The minimum Gasteiger partial charge on any atom is -0.328 e.